The molecule has 2 aromatic carbocycles. The maximum absolute atomic E-state index is 12.9. The normalized spacial score (nSPS) is 13.6. The molecule has 0 unspecified atom stereocenters. The van der Waals surface area contributed by atoms with Gasteiger partial charge < -0.3 is 20.3 Å². The fourth-order valence-electron chi connectivity index (χ4n) is 4.07. The van der Waals surface area contributed by atoms with Crippen LogP contribution in [0.25, 0.3) is 10.9 Å². The smallest absolute Gasteiger partial charge is 0.256 e. The lowest BCUT2D eigenvalue weighted by Crippen LogP contribution is -2.36. The molecule has 2 amide bonds. The minimum Gasteiger partial charge on any atom is -0.378 e. The lowest BCUT2D eigenvalue weighted by Gasteiger charge is -2.28. The first kappa shape index (κ1) is 22.5. The number of amides is 2. The number of rotatable bonds is 6. The highest BCUT2D eigenvalue weighted by atomic mass is 16.5. The Morgan fingerprint density at radius 1 is 1.00 bits per heavy atom. The zero-order valence-electron chi connectivity index (χ0n) is 19.4. The van der Waals surface area contributed by atoms with Crippen LogP contribution in [0.15, 0.2) is 60.8 Å². The Morgan fingerprint density at radius 2 is 1.77 bits per heavy atom. The fraction of sp³-hybridized carbons (Fsp3) is 0.231. The molecule has 3 heterocycles. The molecule has 4 aromatic rings. The van der Waals surface area contributed by atoms with Crippen molar-refractivity contribution >= 4 is 34.2 Å². The SMILES string of the molecule is Cc1cc(CNC(=O)c2ccc3[nH]nc(NC(=O)c4ccc(N5CCOCC5)cc4)c3c2)ccn1. The topological polar surface area (TPSA) is 112 Å². The molecule has 0 saturated carbocycles. The zero-order valence-corrected chi connectivity index (χ0v) is 19.4. The molecule has 178 valence electrons. The number of aryl methyl sites for hydroxylation is 1. The van der Waals surface area contributed by atoms with E-state index in [9.17, 15) is 9.59 Å². The lowest BCUT2D eigenvalue weighted by atomic mass is 10.1. The van der Waals surface area contributed by atoms with Gasteiger partial charge in [-0.2, -0.15) is 5.10 Å². The quantitative estimate of drug-likeness (QED) is 0.399. The maximum atomic E-state index is 12.9. The van der Waals surface area contributed by atoms with Crippen LogP contribution >= 0.6 is 0 Å². The first-order valence-corrected chi connectivity index (χ1v) is 11.5. The highest BCUT2D eigenvalue weighted by Gasteiger charge is 2.15. The van der Waals surface area contributed by atoms with Gasteiger partial charge in [0.25, 0.3) is 11.8 Å². The first-order valence-electron chi connectivity index (χ1n) is 11.5. The Hall–Kier alpha value is -4.24. The summed E-state index contributed by atoms with van der Waals surface area (Å²) < 4.78 is 5.40. The Kier molecular flexibility index (Phi) is 6.40. The second kappa shape index (κ2) is 9.94. The molecule has 0 radical (unpaired) electrons. The minimum atomic E-state index is -0.269. The van der Waals surface area contributed by atoms with Crippen molar-refractivity contribution in [2.24, 2.45) is 0 Å². The summed E-state index contributed by atoms with van der Waals surface area (Å²) >= 11 is 0. The van der Waals surface area contributed by atoms with Gasteiger partial charge in [0.15, 0.2) is 5.82 Å². The molecule has 0 atom stereocenters. The van der Waals surface area contributed by atoms with E-state index >= 15 is 0 Å². The first-order chi connectivity index (χ1) is 17.1. The highest BCUT2D eigenvalue weighted by molar-refractivity contribution is 6.09. The molecule has 2 aromatic heterocycles. The monoisotopic (exact) mass is 470 g/mol. The van der Waals surface area contributed by atoms with Gasteiger partial charge in [0.2, 0.25) is 0 Å². The molecule has 9 nitrogen and oxygen atoms in total. The molecule has 1 fully saturated rings. The molecule has 1 aliphatic heterocycles. The van der Waals surface area contributed by atoms with Crippen molar-refractivity contribution in [3.05, 3.63) is 83.2 Å². The summed E-state index contributed by atoms with van der Waals surface area (Å²) in [7, 11) is 0. The molecule has 1 saturated heterocycles. The second-order valence-corrected chi connectivity index (χ2v) is 8.42. The van der Waals surface area contributed by atoms with Crippen LogP contribution in [0.3, 0.4) is 0 Å². The van der Waals surface area contributed by atoms with Crippen molar-refractivity contribution in [1.29, 1.82) is 0 Å². The lowest BCUT2D eigenvalue weighted by molar-refractivity contribution is 0.0950. The molecular formula is C26H26N6O3. The summed E-state index contributed by atoms with van der Waals surface area (Å²) in [6.07, 6.45) is 1.72. The van der Waals surface area contributed by atoms with E-state index in [-0.39, 0.29) is 11.8 Å². The van der Waals surface area contributed by atoms with Gasteiger partial charge in [0.1, 0.15) is 0 Å². The number of benzene rings is 2. The third-order valence-electron chi connectivity index (χ3n) is 5.98. The van der Waals surface area contributed by atoms with Crippen LogP contribution in [0.2, 0.25) is 0 Å². The number of pyridine rings is 1. The van der Waals surface area contributed by atoms with Crippen molar-refractivity contribution in [3.8, 4) is 0 Å². The van der Waals surface area contributed by atoms with Crippen LogP contribution in [0.4, 0.5) is 11.5 Å². The van der Waals surface area contributed by atoms with Gasteiger partial charge >= 0.3 is 0 Å². The minimum absolute atomic E-state index is 0.210. The molecule has 1 aliphatic rings. The van der Waals surface area contributed by atoms with Crippen molar-refractivity contribution < 1.29 is 14.3 Å². The predicted octanol–water partition coefficient (Wildman–Crippen LogP) is 3.29. The number of morpholine rings is 1. The molecule has 5 rings (SSSR count). The van der Waals surface area contributed by atoms with E-state index in [1.807, 2.05) is 31.2 Å². The standard InChI is InChI=1S/C26H26N6O3/c1-17-14-18(8-9-27-17)16-28-25(33)20-4-7-23-22(15-20)24(31-30-23)29-26(34)19-2-5-21(6-3-19)32-10-12-35-13-11-32/h2-9,14-15H,10-13,16H2,1H3,(H,28,33)(H2,29,30,31,34). The van der Waals surface area contributed by atoms with Gasteiger partial charge in [0, 0.05) is 53.7 Å². The van der Waals surface area contributed by atoms with Gasteiger partial charge in [-0.25, -0.2) is 0 Å². The number of carbonyl (C=O) groups is 2. The van der Waals surface area contributed by atoms with E-state index in [4.69, 9.17) is 4.74 Å². The van der Waals surface area contributed by atoms with Gasteiger partial charge in [-0.05, 0) is 67.1 Å². The van der Waals surface area contributed by atoms with Crippen LogP contribution in [0.5, 0.6) is 0 Å². The molecule has 0 spiro atoms. The molecule has 0 bridgehead atoms. The number of hydrogen-bond acceptors (Lipinski definition) is 6. The third kappa shape index (κ3) is 5.15. The number of hydrogen-bond donors (Lipinski definition) is 3. The van der Waals surface area contributed by atoms with E-state index in [1.54, 1.807) is 36.5 Å². The van der Waals surface area contributed by atoms with Gasteiger partial charge in [-0.1, -0.05) is 0 Å². The molecular weight excluding hydrogens is 444 g/mol. The van der Waals surface area contributed by atoms with E-state index in [1.165, 1.54) is 0 Å². The number of nitrogens with zero attached hydrogens (tertiary/aromatic N) is 3. The van der Waals surface area contributed by atoms with E-state index in [0.29, 0.717) is 42.1 Å². The predicted molar refractivity (Wildman–Crippen MR) is 134 cm³/mol. The number of anilines is 2. The summed E-state index contributed by atoms with van der Waals surface area (Å²) in [5.74, 6) is -0.102. The zero-order chi connectivity index (χ0) is 24.2. The number of aromatic nitrogens is 3. The average Bonchev–Trinajstić information content (AvgIpc) is 3.29. The second-order valence-electron chi connectivity index (χ2n) is 8.42. The molecule has 35 heavy (non-hydrogen) atoms. The van der Waals surface area contributed by atoms with E-state index < -0.39 is 0 Å². The Morgan fingerprint density at radius 3 is 2.54 bits per heavy atom. The van der Waals surface area contributed by atoms with Gasteiger partial charge in [0.05, 0.1) is 18.7 Å². The van der Waals surface area contributed by atoms with Gasteiger partial charge in [-0.3, -0.25) is 19.7 Å². The summed E-state index contributed by atoms with van der Waals surface area (Å²) in [6, 6.07) is 16.5. The van der Waals surface area contributed by atoms with Crippen LogP contribution in [0, 0.1) is 6.92 Å². The fourth-order valence-corrected chi connectivity index (χ4v) is 4.07. The third-order valence-corrected chi connectivity index (χ3v) is 5.98. The number of nitrogens with one attached hydrogen (secondary N) is 3. The Balaban J connectivity index is 1.27. The molecule has 9 heteroatoms. The van der Waals surface area contributed by atoms with Crippen LogP contribution in [-0.2, 0) is 11.3 Å². The summed E-state index contributed by atoms with van der Waals surface area (Å²) in [5.41, 5.74) is 4.67. The van der Waals surface area contributed by atoms with Crippen molar-refractivity contribution in [2.45, 2.75) is 13.5 Å². The van der Waals surface area contributed by atoms with E-state index in [0.717, 1.165) is 35.6 Å². The molecule has 0 aliphatic carbocycles. The van der Waals surface area contributed by atoms with Gasteiger partial charge in [-0.15, -0.1) is 0 Å². The Bertz CT molecular complexity index is 1360. The largest absolute Gasteiger partial charge is 0.378 e. The Labute approximate surface area is 202 Å². The van der Waals surface area contributed by atoms with Crippen LogP contribution < -0.4 is 15.5 Å². The van der Waals surface area contributed by atoms with Crippen molar-refractivity contribution in [2.75, 3.05) is 36.5 Å². The average molecular weight is 471 g/mol. The number of carbonyl (C=O) groups excluding carboxylic acids is 2. The molecule has 3 N–H and O–H groups in total. The number of fused-ring (bicyclic) bond motifs is 1. The summed E-state index contributed by atoms with van der Waals surface area (Å²) in [6.45, 7) is 5.39. The van der Waals surface area contributed by atoms with Crippen molar-refractivity contribution in [3.63, 3.8) is 0 Å². The maximum Gasteiger partial charge on any atom is 0.256 e. The van der Waals surface area contributed by atoms with Crippen LogP contribution in [0.1, 0.15) is 32.0 Å². The summed E-state index contributed by atoms with van der Waals surface area (Å²) in [4.78, 5) is 32.0. The number of aromatic amines is 1. The summed E-state index contributed by atoms with van der Waals surface area (Å²) in [5, 5.41) is 13.6. The van der Waals surface area contributed by atoms with Crippen LogP contribution in [-0.4, -0.2) is 53.3 Å². The van der Waals surface area contributed by atoms with E-state index in [2.05, 4.69) is 30.7 Å². The number of H-pyrrole nitrogens is 1. The number of ether oxygens (including phenoxy) is 1. The highest BCUT2D eigenvalue weighted by Crippen LogP contribution is 2.23. The van der Waals surface area contributed by atoms with Crippen molar-refractivity contribution in [1.82, 2.24) is 20.5 Å².